The molecule has 2 atom stereocenters. The minimum absolute atomic E-state index is 0.172. The number of carboxylic acid groups (broad SMARTS) is 1. The summed E-state index contributed by atoms with van der Waals surface area (Å²) in [6.45, 7) is 1.03. The highest BCUT2D eigenvalue weighted by Crippen LogP contribution is 2.32. The first-order valence-electron chi connectivity index (χ1n) is 14.0. The van der Waals surface area contributed by atoms with E-state index in [1.165, 1.54) is 28.9 Å². The molecule has 0 saturated carbocycles. The number of aliphatic carboxylic acids is 1. The normalized spacial score (nSPS) is 11.9. The number of carbonyl (C=O) groups is 1. The first kappa shape index (κ1) is 31.8. The van der Waals surface area contributed by atoms with Gasteiger partial charge >= 0.3 is 5.97 Å². The Labute approximate surface area is 271 Å². The van der Waals surface area contributed by atoms with Gasteiger partial charge in [0.25, 0.3) is 0 Å². The molecule has 0 saturated heterocycles. The van der Waals surface area contributed by atoms with Crippen LogP contribution < -0.4 is 16.4 Å². The monoisotopic (exact) mass is 649 g/mol. The molecule has 0 radical (unpaired) electrons. The summed E-state index contributed by atoms with van der Waals surface area (Å²) in [6.07, 6.45) is 3.99. The van der Waals surface area contributed by atoms with E-state index in [0.717, 1.165) is 31.9 Å². The maximum Gasteiger partial charge on any atom is 0.322 e. The van der Waals surface area contributed by atoms with Crippen LogP contribution in [0.4, 0.5) is 11.9 Å². The molecule has 0 spiro atoms. The van der Waals surface area contributed by atoms with Crippen LogP contribution in [0.1, 0.15) is 39.7 Å². The Hall–Kier alpha value is -5.61. The van der Waals surface area contributed by atoms with E-state index < -0.39 is 17.8 Å². The van der Waals surface area contributed by atoms with E-state index in [9.17, 15) is 15.3 Å². The van der Waals surface area contributed by atoms with Gasteiger partial charge in [-0.1, -0.05) is 24.3 Å². The summed E-state index contributed by atoms with van der Waals surface area (Å²) in [5.74, 6) is -1.45. The number of aromatic nitrogens is 6. The number of para-hydroxylation sites is 2. The van der Waals surface area contributed by atoms with E-state index in [4.69, 9.17) is 10.8 Å². The van der Waals surface area contributed by atoms with E-state index in [1.54, 1.807) is 18.3 Å². The predicted octanol–water partition coefficient (Wildman–Crippen LogP) is 4.74. The van der Waals surface area contributed by atoms with Gasteiger partial charge < -0.3 is 21.5 Å². The highest BCUT2D eigenvalue weighted by atomic mass is 32.1. The Balaban J connectivity index is 0.000000181. The summed E-state index contributed by atoms with van der Waals surface area (Å²) < 4.78 is 2.07. The molecule has 2 unspecified atom stereocenters. The molecular formula is C31H27N11O2S2. The number of fused-ring (bicyclic) bond motifs is 2. The Bertz CT molecular complexity index is 1970. The molecule has 6 rings (SSSR count). The van der Waals surface area contributed by atoms with Crippen LogP contribution in [0.3, 0.4) is 0 Å². The molecule has 46 heavy (non-hydrogen) atoms. The van der Waals surface area contributed by atoms with Gasteiger partial charge in [0.2, 0.25) is 11.9 Å². The SMILES string of the molecule is N#CC(c1ccnc(NCC(=O)O)n1)c1nc2ccccc2s1.N#CC(c1ccnc(NCCCN)n1)c1nc2ccccc2s1. The van der Waals surface area contributed by atoms with Crippen molar-refractivity contribution in [2.75, 3.05) is 30.3 Å². The summed E-state index contributed by atoms with van der Waals surface area (Å²) in [7, 11) is 0. The van der Waals surface area contributed by atoms with Crippen LogP contribution >= 0.6 is 22.7 Å². The predicted molar refractivity (Wildman–Crippen MR) is 177 cm³/mol. The van der Waals surface area contributed by atoms with Gasteiger partial charge in [-0.3, -0.25) is 4.79 Å². The average molecular weight is 650 g/mol. The lowest BCUT2D eigenvalue weighted by Crippen LogP contribution is -2.15. The maximum atomic E-state index is 10.6. The highest BCUT2D eigenvalue weighted by Gasteiger charge is 2.21. The van der Waals surface area contributed by atoms with Gasteiger partial charge in [0.1, 0.15) is 28.4 Å². The number of nitriles is 2. The number of nitrogens with zero attached hydrogens (tertiary/aromatic N) is 8. The van der Waals surface area contributed by atoms with Crippen molar-refractivity contribution in [1.82, 2.24) is 29.9 Å². The Morgan fingerprint density at radius 3 is 1.74 bits per heavy atom. The van der Waals surface area contributed by atoms with Crippen LogP contribution in [-0.2, 0) is 4.79 Å². The second kappa shape index (κ2) is 15.4. The number of hydrogen-bond acceptors (Lipinski definition) is 14. The summed E-state index contributed by atoms with van der Waals surface area (Å²) in [5.41, 5.74) is 8.35. The molecule has 0 aliphatic rings. The molecule has 4 aromatic heterocycles. The van der Waals surface area contributed by atoms with E-state index in [-0.39, 0.29) is 12.5 Å². The fraction of sp³-hybridized carbons (Fsp3) is 0.194. The van der Waals surface area contributed by atoms with E-state index in [0.29, 0.717) is 35.4 Å². The number of rotatable bonds is 11. The van der Waals surface area contributed by atoms with Crippen LogP contribution in [0.25, 0.3) is 20.4 Å². The third-order valence-corrected chi connectivity index (χ3v) is 8.58. The summed E-state index contributed by atoms with van der Waals surface area (Å²) in [6, 6.07) is 23.4. The third kappa shape index (κ3) is 7.91. The van der Waals surface area contributed by atoms with Crippen molar-refractivity contribution in [3.63, 3.8) is 0 Å². The maximum absolute atomic E-state index is 10.6. The molecule has 5 N–H and O–H groups in total. The van der Waals surface area contributed by atoms with E-state index in [2.05, 4.69) is 52.7 Å². The van der Waals surface area contributed by atoms with Crippen LogP contribution in [0.5, 0.6) is 0 Å². The van der Waals surface area contributed by atoms with E-state index in [1.807, 2.05) is 48.5 Å². The van der Waals surface area contributed by atoms with E-state index >= 15 is 0 Å². The molecule has 13 nitrogen and oxygen atoms in total. The van der Waals surface area contributed by atoms with Crippen molar-refractivity contribution in [2.45, 2.75) is 18.3 Å². The number of anilines is 2. The van der Waals surface area contributed by atoms with Crippen LogP contribution in [0, 0.1) is 22.7 Å². The molecule has 230 valence electrons. The van der Waals surface area contributed by atoms with Crippen molar-refractivity contribution in [3.05, 3.63) is 94.5 Å². The van der Waals surface area contributed by atoms with Gasteiger partial charge in [-0.2, -0.15) is 10.5 Å². The van der Waals surface area contributed by atoms with Crippen molar-refractivity contribution >= 4 is 61.0 Å². The molecule has 0 bridgehead atoms. The lowest BCUT2D eigenvalue weighted by molar-refractivity contribution is -0.134. The fourth-order valence-electron chi connectivity index (χ4n) is 4.22. The number of thiazole rings is 2. The van der Waals surface area contributed by atoms with Gasteiger partial charge in [0.05, 0.1) is 44.0 Å². The minimum atomic E-state index is -1.01. The van der Waals surface area contributed by atoms with Crippen LogP contribution in [0.15, 0.2) is 73.1 Å². The van der Waals surface area contributed by atoms with Crippen LogP contribution in [0.2, 0.25) is 0 Å². The smallest absolute Gasteiger partial charge is 0.322 e. The topological polar surface area (TPSA) is 212 Å². The third-order valence-electron chi connectivity index (χ3n) is 6.38. The standard InChI is InChI=1S/C16H16N6S.C15H11N5O2S/c17-7-3-8-19-16-20-9-6-12(22-16)11(10-18)15-21-13-4-1-2-5-14(13)23-15;16-7-9(14-19-11-3-1-2-4-12(11)23-14)10-5-6-17-15(20-10)18-8-13(21)22/h1-2,4-6,9,11H,3,7-8,17H2,(H,19,20,22);1-6,9H,8H2,(H,21,22)(H,17,18,20). The Morgan fingerprint density at radius 2 is 1.28 bits per heavy atom. The zero-order chi connectivity index (χ0) is 32.3. The van der Waals surface area contributed by atoms with Gasteiger partial charge in [0, 0.05) is 18.9 Å². The summed E-state index contributed by atoms with van der Waals surface area (Å²) in [4.78, 5) is 36.4. The van der Waals surface area contributed by atoms with Crippen molar-refractivity contribution in [3.8, 4) is 12.1 Å². The van der Waals surface area contributed by atoms with Gasteiger partial charge in [-0.25, -0.2) is 29.9 Å². The second-order valence-electron chi connectivity index (χ2n) is 9.59. The number of benzene rings is 2. The quantitative estimate of drug-likeness (QED) is 0.140. The van der Waals surface area contributed by atoms with Crippen molar-refractivity contribution in [1.29, 1.82) is 10.5 Å². The number of carboxylic acids is 1. The summed E-state index contributed by atoms with van der Waals surface area (Å²) >= 11 is 2.96. The highest BCUT2D eigenvalue weighted by molar-refractivity contribution is 7.19. The lowest BCUT2D eigenvalue weighted by atomic mass is 10.1. The van der Waals surface area contributed by atoms with Gasteiger partial charge in [-0.05, 0) is 49.4 Å². The van der Waals surface area contributed by atoms with Gasteiger partial charge in [0.15, 0.2) is 0 Å². The zero-order valence-corrected chi connectivity index (χ0v) is 25.9. The van der Waals surface area contributed by atoms with Crippen LogP contribution in [-0.4, -0.2) is 60.6 Å². The minimum Gasteiger partial charge on any atom is -0.480 e. The van der Waals surface area contributed by atoms with Gasteiger partial charge in [-0.15, -0.1) is 22.7 Å². The molecule has 4 heterocycles. The molecule has 15 heteroatoms. The average Bonchev–Trinajstić information content (AvgIpc) is 3.70. The first-order chi connectivity index (χ1) is 22.5. The number of hydrogen-bond donors (Lipinski definition) is 4. The Kier molecular flexibility index (Phi) is 10.6. The molecule has 0 fully saturated rings. The number of nitrogens with one attached hydrogen (secondary N) is 2. The Morgan fingerprint density at radius 1 is 0.783 bits per heavy atom. The second-order valence-corrected chi connectivity index (χ2v) is 11.7. The van der Waals surface area contributed by atoms with Crippen molar-refractivity contribution < 1.29 is 9.90 Å². The summed E-state index contributed by atoms with van der Waals surface area (Å²) in [5, 5.41) is 34.9. The molecule has 0 aliphatic heterocycles. The largest absolute Gasteiger partial charge is 0.480 e. The number of nitrogens with two attached hydrogens (primary N) is 1. The first-order valence-corrected chi connectivity index (χ1v) is 15.7. The van der Waals surface area contributed by atoms with Crippen molar-refractivity contribution in [2.24, 2.45) is 5.73 Å². The molecule has 2 aromatic carbocycles. The molecular weight excluding hydrogens is 623 g/mol. The molecule has 0 aliphatic carbocycles. The zero-order valence-electron chi connectivity index (χ0n) is 24.2. The lowest BCUT2D eigenvalue weighted by Gasteiger charge is -2.08. The molecule has 6 aromatic rings. The fourth-order valence-corrected chi connectivity index (χ4v) is 6.27. The molecule has 0 amide bonds.